The number of fused-ring (bicyclic) bond motifs is 1. The number of nitrogens with one attached hydrogen (secondary N) is 1. The normalized spacial score (nSPS) is 17.7. The smallest absolute Gasteiger partial charge is 0.119 e. The van der Waals surface area contributed by atoms with Crippen LogP contribution in [-0.2, 0) is 0 Å². The van der Waals surface area contributed by atoms with Crippen molar-refractivity contribution in [2.24, 2.45) is 11.7 Å². The molecule has 1 heterocycles. The maximum Gasteiger partial charge on any atom is 0.119 e. The van der Waals surface area contributed by atoms with E-state index in [-0.39, 0.29) is 18.4 Å². The van der Waals surface area contributed by atoms with Crippen molar-refractivity contribution in [1.29, 1.82) is 0 Å². The summed E-state index contributed by atoms with van der Waals surface area (Å²) in [6, 6.07) is 6.27. The number of halogens is 1. The Balaban J connectivity index is 0.00000147. The van der Waals surface area contributed by atoms with E-state index in [4.69, 9.17) is 10.5 Å². The molecule has 1 aromatic heterocycles. The number of nitrogens with two attached hydrogens (primary N) is 1. The van der Waals surface area contributed by atoms with Crippen molar-refractivity contribution in [2.75, 3.05) is 7.11 Å². The van der Waals surface area contributed by atoms with Crippen molar-refractivity contribution in [3.8, 4) is 5.75 Å². The largest absolute Gasteiger partial charge is 0.497 e. The monoisotopic (exact) mass is 294 g/mol. The minimum Gasteiger partial charge on any atom is -0.497 e. The predicted octanol–water partition coefficient (Wildman–Crippen LogP) is 4.18. The van der Waals surface area contributed by atoms with E-state index in [0.29, 0.717) is 5.92 Å². The van der Waals surface area contributed by atoms with Crippen LogP contribution in [0.25, 0.3) is 10.9 Å². The molecule has 0 aliphatic heterocycles. The molecule has 0 amide bonds. The maximum atomic E-state index is 6.51. The standard InChI is InChI=1S/C16H22N2O.ClH/c1-19-12-7-8-15-13(9-12)14(10-18-15)16(17)11-5-3-2-4-6-11;/h7-11,16,18H,2-6,17H2,1H3;1H/t16-;/m1./s1. The summed E-state index contributed by atoms with van der Waals surface area (Å²) in [7, 11) is 1.70. The minimum atomic E-state index is 0. The highest BCUT2D eigenvalue weighted by Crippen LogP contribution is 2.36. The first-order chi connectivity index (χ1) is 9.29. The third kappa shape index (κ3) is 2.79. The maximum absolute atomic E-state index is 6.51. The lowest BCUT2D eigenvalue weighted by molar-refractivity contribution is 0.309. The van der Waals surface area contributed by atoms with Gasteiger partial charge in [0.1, 0.15) is 5.75 Å². The molecule has 0 saturated heterocycles. The van der Waals surface area contributed by atoms with Gasteiger partial charge < -0.3 is 15.5 Å². The van der Waals surface area contributed by atoms with Crippen molar-refractivity contribution in [1.82, 2.24) is 4.98 Å². The van der Waals surface area contributed by atoms with Crippen LogP contribution in [0.3, 0.4) is 0 Å². The summed E-state index contributed by atoms with van der Waals surface area (Å²) in [6.45, 7) is 0. The predicted molar refractivity (Wildman–Crippen MR) is 85.6 cm³/mol. The molecule has 1 aliphatic carbocycles. The van der Waals surface area contributed by atoms with Crippen molar-refractivity contribution in [3.05, 3.63) is 30.0 Å². The molecule has 1 fully saturated rings. The van der Waals surface area contributed by atoms with Crippen molar-refractivity contribution in [3.63, 3.8) is 0 Å². The topological polar surface area (TPSA) is 51.0 Å². The first kappa shape index (κ1) is 15.2. The van der Waals surface area contributed by atoms with Gasteiger partial charge in [0.05, 0.1) is 7.11 Å². The third-order valence-electron chi connectivity index (χ3n) is 4.44. The lowest BCUT2D eigenvalue weighted by Crippen LogP contribution is -2.23. The average molecular weight is 295 g/mol. The van der Waals surface area contributed by atoms with Gasteiger partial charge in [-0.25, -0.2) is 0 Å². The molecule has 1 atom stereocenters. The van der Waals surface area contributed by atoms with Crippen LogP contribution in [0.15, 0.2) is 24.4 Å². The zero-order valence-corrected chi connectivity index (χ0v) is 12.7. The van der Waals surface area contributed by atoms with Crippen LogP contribution < -0.4 is 10.5 Å². The van der Waals surface area contributed by atoms with Gasteiger partial charge in [0.2, 0.25) is 0 Å². The average Bonchev–Trinajstić information content (AvgIpc) is 2.90. The second kappa shape index (κ2) is 6.51. The van der Waals surface area contributed by atoms with Crippen LogP contribution >= 0.6 is 12.4 Å². The Morgan fingerprint density at radius 3 is 2.70 bits per heavy atom. The number of rotatable bonds is 3. The van der Waals surface area contributed by atoms with Gasteiger partial charge in [-0.05, 0) is 42.5 Å². The number of ether oxygens (including phenoxy) is 1. The molecule has 3 nitrogen and oxygen atoms in total. The summed E-state index contributed by atoms with van der Waals surface area (Å²) in [6.07, 6.45) is 8.61. The highest BCUT2D eigenvalue weighted by Gasteiger charge is 2.23. The number of H-pyrrole nitrogens is 1. The van der Waals surface area contributed by atoms with E-state index >= 15 is 0 Å². The van der Waals surface area contributed by atoms with Gasteiger partial charge in [0.25, 0.3) is 0 Å². The molecule has 3 N–H and O–H groups in total. The number of hydrogen-bond acceptors (Lipinski definition) is 2. The van der Waals surface area contributed by atoms with Gasteiger partial charge >= 0.3 is 0 Å². The molecule has 0 spiro atoms. The molecule has 2 aromatic rings. The fourth-order valence-electron chi connectivity index (χ4n) is 3.27. The first-order valence-corrected chi connectivity index (χ1v) is 7.20. The second-order valence-corrected chi connectivity index (χ2v) is 5.58. The Morgan fingerprint density at radius 1 is 1.25 bits per heavy atom. The summed E-state index contributed by atoms with van der Waals surface area (Å²) in [5.41, 5.74) is 8.89. The lowest BCUT2D eigenvalue weighted by Gasteiger charge is -2.27. The molecule has 0 unspecified atom stereocenters. The molecule has 1 saturated carbocycles. The summed E-state index contributed by atoms with van der Waals surface area (Å²) < 4.78 is 5.32. The Hall–Kier alpha value is -1.19. The molecule has 3 rings (SSSR count). The fourth-order valence-corrected chi connectivity index (χ4v) is 3.27. The number of methoxy groups -OCH3 is 1. The molecule has 20 heavy (non-hydrogen) atoms. The Bertz CT molecular complexity index is 561. The quantitative estimate of drug-likeness (QED) is 0.892. The van der Waals surface area contributed by atoms with Crippen LogP contribution in [-0.4, -0.2) is 12.1 Å². The van der Waals surface area contributed by atoms with Gasteiger partial charge in [-0.1, -0.05) is 19.3 Å². The van der Waals surface area contributed by atoms with Crippen LogP contribution in [0.4, 0.5) is 0 Å². The van der Waals surface area contributed by atoms with E-state index < -0.39 is 0 Å². The SMILES string of the molecule is COc1ccc2[nH]cc([C@H](N)C3CCCCC3)c2c1.Cl. The molecule has 110 valence electrons. The minimum absolute atomic E-state index is 0. The highest BCUT2D eigenvalue weighted by molar-refractivity contribution is 5.85. The first-order valence-electron chi connectivity index (χ1n) is 7.20. The third-order valence-corrected chi connectivity index (χ3v) is 4.44. The zero-order chi connectivity index (χ0) is 13.2. The highest BCUT2D eigenvalue weighted by atomic mass is 35.5. The van der Waals surface area contributed by atoms with E-state index in [0.717, 1.165) is 11.3 Å². The number of aromatic amines is 1. The van der Waals surface area contributed by atoms with Gasteiger partial charge in [-0.3, -0.25) is 0 Å². The molecule has 1 aliphatic rings. The summed E-state index contributed by atoms with van der Waals surface area (Å²) in [4.78, 5) is 3.32. The van der Waals surface area contributed by atoms with Gasteiger partial charge in [-0.15, -0.1) is 12.4 Å². The molecule has 4 heteroatoms. The Labute approximate surface area is 126 Å². The van der Waals surface area contributed by atoms with Gasteiger partial charge in [-0.2, -0.15) is 0 Å². The molecule has 1 aromatic carbocycles. The summed E-state index contributed by atoms with van der Waals surface area (Å²) >= 11 is 0. The van der Waals surface area contributed by atoms with E-state index in [1.54, 1.807) is 7.11 Å². The van der Waals surface area contributed by atoms with Gasteiger partial charge in [0.15, 0.2) is 0 Å². The summed E-state index contributed by atoms with van der Waals surface area (Å²) in [5.74, 6) is 1.52. The van der Waals surface area contributed by atoms with Crippen molar-refractivity contribution in [2.45, 2.75) is 38.1 Å². The van der Waals surface area contributed by atoms with E-state index in [9.17, 15) is 0 Å². The molecule has 0 bridgehead atoms. The number of benzene rings is 1. The van der Waals surface area contributed by atoms with E-state index in [2.05, 4.69) is 23.3 Å². The van der Waals surface area contributed by atoms with Crippen LogP contribution in [0, 0.1) is 5.92 Å². The molecular formula is C16H23ClN2O. The van der Waals surface area contributed by atoms with Gasteiger partial charge in [0, 0.05) is 23.1 Å². The molecule has 0 radical (unpaired) electrons. The fraction of sp³-hybridized carbons (Fsp3) is 0.500. The van der Waals surface area contributed by atoms with Crippen LogP contribution in [0.1, 0.15) is 43.7 Å². The van der Waals surface area contributed by atoms with E-state index in [1.807, 2.05) is 6.07 Å². The number of aromatic nitrogens is 1. The number of hydrogen-bond donors (Lipinski definition) is 2. The van der Waals surface area contributed by atoms with Crippen molar-refractivity contribution >= 4 is 23.3 Å². The lowest BCUT2D eigenvalue weighted by atomic mass is 9.81. The van der Waals surface area contributed by atoms with Crippen LogP contribution in [0.2, 0.25) is 0 Å². The Morgan fingerprint density at radius 2 is 2.00 bits per heavy atom. The van der Waals surface area contributed by atoms with E-state index in [1.165, 1.54) is 43.1 Å². The van der Waals surface area contributed by atoms with Crippen LogP contribution in [0.5, 0.6) is 5.75 Å². The zero-order valence-electron chi connectivity index (χ0n) is 11.9. The second-order valence-electron chi connectivity index (χ2n) is 5.58. The summed E-state index contributed by atoms with van der Waals surface area (Å²) in [5, 5.41) is 1.21. The Kier molecular flexibility index (Phi) is 4.95. The molecular weight excluding hydrogens is 272 g/mol. The van der Waals surface area contributed by atoms with Crippen molar-refractivity contribution < 1.29 is 4.74 Å².